The Kier molecular flexibility index (Phi) is 3.65. The summed E-state index contributed by atoms with van der Waals surface area (Å²) >= 11 is 0. The summed E-state index contributed by atoms with van der Waals surface area (Å²) in [5, 5.41) is 2.62. The first-order valence-corrected chi connectivity index (χ1v) is 8.81. The average Bonchev–Trinajstić information content (AvgIpc) is 3.30. The average molecular weight is 294 g/mol. The number of aryl methyl sites for hydroxylation is 2. The first-order chi connectivity index (χ1) is 10.7. The zero-order valence-electron chi connectivity index (χ0n) is 13.6. The van der Waals surface area contributed by atoms with Crippen molar-refractivity contribution in [2.24, 2.45) is 5.41 Å². The van der Waals surface area contributed by atoms with Crippen molar-refractivity contribution < 1.29 is 0 Å². The largest absolute Gasteiger partial charge is 0.303 e. The third-order valence-electron chi connectivity index (χ3n) is 5.84. The second-order valence-corrected chi connectivity index (χ2v) is 7.40. The summed E-state index contributed by atoms with van der Waals surface area (Å²) in [5.74, 6) is 0. The molecule has 0 bridgehead atoms. The Morgan fingerprint density at radius 1 is 1.09 bits per heavy atom. The first-order valence-electron chi connectivity index (χ1n) is 8.81. The number of benzene rings is 1. The smallest absolute Gasteiger partial charge is 0.0451 e. The minimum Gasteiger partial charge on any atom is -0.303 e. The molecule has 2 aliphatic rings. The molecule has 116 valence electrons. The summed E-state index contributed by atoms with van der Waals surface area (Å²) in [4.78, 5) is 7.09. The first kappa shape index (κ1) is 14.2. The van der Waals surface area contributed by atoms with Crippen LogP contribution in [0.1, 0.15) is 43.4 Å². The standard InChI is InChI=1S/C20H26N2/c1-16-19-15-17(4-5-18(19)6-11-21-16)3-2-12-22-13-9-20(7-8-20)10-14-22/h4-6,11,15H,2-3,7-10,12-14H2,1H3. The van der Waals surface area contributed by atoms with Crippen LogP contribution in [0.2, 0.25) is 0 Å². The number of hydrogen-bond acceptors (Lipinski definition) is 2. The molecule has 2 aromatic rings. The molecule has 2 heteroatoms. The van der Waals surface area contributed by atoms with Crippen molar-refractivity contribution in [3.05, 3.63) is 41.7 Å². The Morgan fingerprint density at radius 3 is 2.68 bits per heavy atom. The fraction of sp³-hybridized carbons (Fsp3) is 0.550. The van der Waals surface area contributed by atoms with Gasteiger partial charge in [-0.25, -0.2) is 0 Å². The van der Waals surface area contributed by atoms with Gasteiger partial charge in [-0.05, 0) is 93.6 Å². The predicted octanol–water partition coefficient (Wildman–Crippen LogP) is 4.35. The molecule has 0 unspecified atom stereocenters. The van der Waals surface area contributed by atoms with Gasteiger partial charge in [-0.3, -0.25) is 4.98 Å². The van der Waals surface area contributed by atoms with Gasteiger partial charge in [0.15, 0.2) is 0 Å². The van der Waals surface area contributed by atoms with E-state index in [0.29, 0.717) is 0 Å². The zero-order valence-corrected chi connectivity index (χ0v) is 13.6. The molecule has 1 aliphatic heterocycles. The van der Waals surface area contributed by atoms with Gasteiger partial charge in [0, 0.05) is 17.3 Å². The van der Waals surface area contributed by atoms with E-state index in [1.54, 1.807) is 0 Å². The molecule has 1 saturated carbocycles. The summed E-state index contributed by atoms with van der Waals surface area (Å²) in [5.41, 5.74) is 3.41. The van der Waals surface area contributed by atoms with Crippen molar-refractivity contribution in [3.63, 3.8) is 0 Å². The second kappa shape index (κ2) is 5.66. The summed E-state index contributed by atoms with van der Waals surface area (Å²) < 4.78 is 0. The summed E-state index contributed by atoms with van der Waals surface area (Å²) in [6.07, 6.45) is 10.3. The highest BCUT2D eigenvalue weighted by Crippen LogP contribution is 2.53. The van der Waals surface area contributed by atoms with Crippen LogP contribution < -0.4 is 0 Å². The highest BCUT2D eigenvalue weighted by Gasteiger charge is 2.44. The molecular formula is C20H26N2. The fourth-order valence-electron chi connectivity index (χ4n) is 3.95. The van der Waals surface area contributed by atoms with Crippen molar-refractivity contribution in [2.45, 2.75) is 45.4 Å². The van der Waals surface area contributed by atoms with Gasteiger partial charge >= 0.3 is 0 Å². The highest BCUT2D eigenvalue weighted by molar-refractivity contribution is 5.84. The van der Waals surface area contributed by atoms with Gasteiger partial charge in [0.05, 0.1) is 0 Å². The molecular weight excluding hydrogens is 268 g/mol. The van der Waals surface area contributed by atoms with E-state index in [9.17, 15) is 0 Å². The van der Waals surface area contributed by atoms with Gasteiger partial charge in [0.2, 0.25) is 0 Å². The fourth-order valence-corrected chi connectivity index (χ4v) is 3.95. The van der Waals surface area contributed by atoms with E-state index in [-0.39, 0.29) is 0 Å². The summed E-state index contributed by atoms with van der Waals surface area (Å²) in [7, 11) is 0. The van der Waals surface area contributed by atoms with E-state index in [1.807, 2.05) is 6.20 Å². The lowest BCUT2D eigenvalue weighted by Crippen LogP contribution is -2.35. The molecule has 22 heavy (non-hydrogen) atoms. The van der Waals surface area contributed by atoms with Crippen LogP contribution in [0.4, 0.5) is 0 Å². The Balaban J connectivity index is 1.33. The Labute approximate surface area is 133 Å². The van der Waals surface area contributed by atoms with Gasteiger partial charge in [-0.2, -0.15) is 0 Å². The molecule has 1 aromatic carbocycles. The van der Waals surface area contributed by atoms with Crippen molar-refractivity contribution in [1.82, 2.24) is 9.88 Å². The van der Waals surface area contributed by atoms with Crippen LogP contribution in [0, 0.1) is 12.3 Å². The molecule has 2 nitrogen and oxygen atoms in total. The summed E-state index contributed by atoms with van der Waals surface area (Å²) in [6.45, 7) is 6.04. The van der Waals surface area contributed by atoms with Gasteiger partial charge in [0.25, 0.3) is 0 Å². The number of fused-ring (bicyclic) bond motifs is 1. The molecule has 0 amide bonds. The van der Waals surface area contributed by atoms with Crippen LogP contribution in [0.3, 0.4) is 0 Å². The van der Waals surface area contributed by atoms with Crippen LogP contribution >= 0.6 is 0 Å². The minimum absolute atomic E-state index is 0.805. The molecule has 0 radical (unpaired) electrons. The number of hydrogen-bond donors (Lipinski definition) is 0. The highest BCUT2D eigenvalue weighted by atomic mass is 15.1. The zero-order chi connectivity index (χ0) is 15.0. The van der Waals surface area contributed by atoms with Crippen LogP contribution in [-0.2, 0) is 6.42 Å². The van der Waals surface area contributed by atoms with Crippen LogP contribution in [0.5, 0.6) is 0 Å². The van der Waals surface area contributed by atoms with E-state index in [2.05, 4.69) is 41.1 Å². The Morgan fingerprint density at radius 2 is 1.91 bits per heavy atom. The molecule has 1 aliphatic carbocycles. The molecule has 1 saturated heterocycles. The van der Waals surface area contributed by atoms with Gasteiger partial charge in [-0.15, -0.1) is 0 Å². The van der Waals surface area contributed by atoms with Crippen LogP contribution in [0.15, 0.2) is 30.5 Å². The molecule has 0 atom stereocenters. The maximum atomic E-state index is 4.41. The SMILES string of the molecule is Cc1nccc2ccc(CCCN3CCC4(CC3)CC4)cc12. The quantitative estimate of drug-likeness (QED) is 0.833. The van der Waals surface area contributed by atoms with E-state index in [4.69, 9.17) is 0 Å². The topological polar surface area (TPSA) is 16.1 Å². The molecule has 1 spiro atoms. The lowest BCUT2D eigenvalue weighted by atomic mass is 9.93. The predicted molar refractivity (Wildman–Crippen MR) is 92.1 cm³/mol. The van der Waals surface area contributed by atoms with Crippen molar-refractivity contribution in [2.75, 3.05) is 19.6 Å². The summed E-state index contributed by atoms with van der Waals surface area (Å²) in [6, 6.07) is 8.98. The molecule has 0 N–H and O–H groups in total. The lowest BCUT2D eigenvalue weighted by molar-refractivity contribution is 0.171. The van der Waals surface area contributed by atoms with Crippen LogP contribution in [-0.4, -0.2) is 29.5 Å². The van der Waals surface area contributed by atoms with Gasteiger partial charge in [0.1, 0.15) is 0 Å². The van der Waals surface area contributed by atoms with E-state index < -0.39 is 0 Å². The number of pyridine rings is 1. The number of rotatable bonds is 4. The number of piperidine rings is 1. The number of nitrogens with zero attached hydrogens (tertiary/aromatic N) is 2. The molecule has 2 fully saturated rings. The van der Waals surface area contributed by atoms with E-state index in [0.717, 1.165) is 11.1 Å². The van der Waals surface area contributed by atoms with E-state index >= 15 is 0 Å². The Hall–Kier alpha value is -1.41. The second-order valence-electron chi connectivity index (χ2n) is 7.40. The Bertz CT molecular complexity index is 662. The maximum absolute atomic E-state index is 4.41. The normalized spacial score (nSPS) is 20.6. The molecule has 1 aromatic heterocycles. The van der Waals surface area contributed by atoms with Crippen molar-refractivity contribution in [3.8, 4) is 0 Å². The molecule has 4 rings (SSSR count). The number of likely N-dealkylation sites (tertiary alicyclic amines) is 1. The van der Waals surface area contributed by atoms with Gasteiger partial charge in [-0.1, -0.05) is 12.1 Å². The molecule has 2 heterocycles. The van der Waals surface area contributed by atoms with E-state index in [1.165, 1.54) is 74.5 Å². The minimum atomic E-state index is 0.805. The van der Waals surface area contributed by atoms with Crippen molar-refractivity contribution in [1.29, 1.82) is 0 Å². The van der Waals surface area contributed by atoms with Crippen molar-refractivity contribution >= 4 is 10.8 Å². The number of aromatic nitrogens is 1. The van der Waals surface area contributed by atoms with Gasteiger partial charge < -0.3 is 4.90 Å². The maximum Gasteiger partial charge on any atom is 0.0451 e. The third-order valence-corrected chi connectivity index (χ3v) is 5.84. The van der Waals surface area contributed by atoms with Crippen LogP contribution in [0.25, 0.3) is 10.8 Å². The monoisotopic (exact) mass is 294 g/mol. The third kappa shape index (κ3) is 2.89. The lowest BCUT2D eigenvalue weighted by Gasteiger charge is -2.32.